The van der Waals surface area contributed by atoms with Crippen molar-refractivity contribution in [3.63, 3.8) is 0 Å². The first-order chi connectivity index (χ1) is 14.8. The topological polar surface area (TPSA) is 98.8 Å². The van der Waals surface area contributed by atoms with Crippen LogP contribution in [0.25, 0.3) is 0 Å². The summed E-state index contributed by atoms with van der Waals surface area (Å²) in [6.45, 7) is 5.03. The van der Waals surface area contributed by atoms with E-state index in [1.807, 2.05) is 13.0 Å². The maximum Gasteiger partial charge on any atom is 0.325 e. The van der Waals surface area contributed by atoms with E-state index in [2.05, 4.69) is 17.6 Å². The lowest BCUT2D eigenvalue weighted by Crippen LogP contribution is -2.49. The van der Waals surface area contributed by atoms with E-state index >= 15 is 0 Å². The first kappa shape index (κ1) is 21.3. The van der Waals surface area contributed by atoms with Crippen molar-refractivity contribution in [3.8, 4) is 0 Å². The molecule has 0 aromatic heterocycles. The number of likely N-dealkylation sites (tertiary alicyclic amines) is 1. The number of hydrogen-bond acceptors (Lipinski definition) is 4. The molecule has 1 aliphatic carbocycles. The molecular weight excluding hydrogens is 396 g/mol. The van der Waals surface area contributed by atoms with Gasteiger partial charge in [-0.15, -0.1) is 0 Å². The number of carbonyl (C=O) groups is 4. The predicted octanol–water partition coefficient (Wildman–Crippen LogP) is 2.67. The van der Waals surface area contributed by atoms with Gasteiger partial charge >= 0.3 is 6.03 Å². The van der Waals surface area contributed by atoms with Crippen molar-refractivity contribution >= 4 is 29.4 Å². The van der Waals surface area contributed by atoms with Gasteiger partial charge in [-0.2, -0.15) is 0 Å². The molecule has 2 saturated heterocycles. The van der Waals surface area contributed by atoms with Gasteiger partial charge in [-0.3, -0.25) is 19.3 Å². The average Bonchev–Trinajstić information content (AvgIpc) is 3.34. The molecule has 0 bridgehead atoms. The van der Waals surface area contributed by atoms with Gasteiger partial charge in [-0.1, -0.05) is 19.1 Å². The highest BCUT2D eigenvalue weighted by molar-refractivity contribution is 6.11. The van der Waals surface area contributed by atoms with E-state index in [-0.39, 0.29) is 18.4 Å². The van der Waals surface area contributed by atoms with E-state index in [0.29, 0.717) is 43.1 Å². The molecule has 8 heteroatoms. The summed E-state index contributed by atoms with van der Waals surface area (Å²) in [6, 6.07) is 4.78. The standard InChI is InChI=1S/C23H30N4O4/c1-15-8-10-23(11-9-15)21(30)27(22(31)25-23)14-18(28)24-17-7-5-6-16(2)19(17)20(29)26-12-3-4-13-26/h5-7,15H,3-4,8-14H2,1-2H3,(H,24,28)(H,25,31). The fourth-order valence-corrected chi connectivity index (χ4v) is 4.88. The van der Waals surface area contributed by atoms with Crippen LogP contribution in [0.3, 0.4) is 0 Å². The summed E-state index contributed by atoms with van der Waals surface area (Å²) in [6.07, 6.45) is 4.90. The highest BCUT2D eigenvalue weighted by atomic mass is 16.2. The van der Waals surface area contributed by atoms with Gasteiger partial charge in [0.2, 0.25) is 5.91 Å². The largest absolute Gasteiger partial charge is 0.339 e. The number of urea groups is 1. The van der Waals surface area contributed by atoms with Crippen LogP contribution >= 0.6 is 0 Å². The quantitative estimate of drug-likeness (QED) is 0.723. The van der Waals surface area contributed by atoms with Crippen LogP contribution in [0.4, 0.5) is 10.5 Å². The van der Waals surface area contributed by atoms with Crippen LogP contribution in [0.1, 0.15) is 61.4 Å². The molecule has 4 rings (SSSR count). The number of rotatable bonds is 4. The van der Waals surface area contributed by atoms with Gasteiger partial charge in [0.25, 0.3) is 11.8 Å². The monoisotopic (exact) mass is 426 g/mol. The molecule has 1 saturated carbocycles. The lowest BCUT2D eigenvalue weighted by molar-refractivity contribution is -0.135. The van der Waals surface area contributed by atoms with Crippen molar-refractivity contribution in [2.45, 2.75) is 57.9 Å². The SMILES string of the molecule is Cc1cccc(NC(=O)CN2C(=O)NC3(CCC(C)CC3)C2=O)c1C(=O)N1CCCC1. The molecular formula is C23H30N4O4. The molecule has 2 aliphatic heterocycles. The molecule has 0 atom stereocenters. The number of nitrogens with one attached hydrogen (secondary N) is 2. The molecule has 0 radical (unpaired) electrons. The molecule has 166 valence electrons. The molecule has 2 N–H and O–H groups in total. The molecule has 31 heavy (non-hydrogen) atoms. The fraction of sp³-hybridized carbons (Fsp3) is 0.565. The number of imide groups is 1. The van der Waals surface area contributed by atoms with Crippen LogP contribution in [0.2, 0.25) is 0 Å². The van der Waals surface area contributed by atoms with Crippen LogP contribution < -0.4 is 10.6 Å². The zero-order chi connectivity index (χ0) is 22.2. The Balaban J connectivity index is 1.47. The zero-order valence-corrected chi connectivity index (χ0v) is 18.2. The molecule has 1 aromatic carbocycles. The second-order valence-electron chi connectivity index (χ2n) is 9.13. The smallest absolute Gasteiger partial charge is 0.325 e. The van der Waals surface area contributed by atoms with E-state index in [1.54, 1.807) is 17.0 Å². The average molecular weight is 427 g/mol. The third-order valence-corrected chi connectivity index (χ3v) is 6.83. The Morgan fingerprint density at radius 1 is 1.16 bits per heavy atom. The number of aryl methyl sites for hydroxylation is 1. The minimum absolute atomic E-state index is 0.101. The minimum atomic E-state index is -0.871. The van der Waals surface area contributed by atoms with Crippen molar-refractivity contribution in [3.05, 3.63) is 29.3 Å². The maximum absolute atomic E-state index is 13.0. The number of hydrogen-bond donors (Lipinski definition) is 2. The Morgan fingerprint density at radius 3 is 2.52 bits per heavy atom. The second kappa shape index (κ2) is 8.32. The van der Waals surface area contributed by atoms with Gasteiger partial charge < -0.3 is 15.5 Å². The van der Waals surface area contributed by atoms with E-state index in [4.69, 9.17) is 0 Å². The summed E-state index contributed by atoms with van der Waals surface area (Å²) < 4.78 is 0. The van der Waals surface area contributed by atoms with Crippen molar-refractivity contribution in [2.24, 2.45) is 5.92 Å². The van der Waals surface area contributed by atoms with Gasteiger partial charge in [0.1, 0.15) is 12.1 Å². The van der Waals surface area contributed by atoms with Crippen LogP contribution in [0.5, 0.6) is 0 Å². The molecule has 3 aliphatic rings. The Labute approximate surface area is 182 Å². The molecule has 0 unspecified atom stereocenters. The van der Waals surface area contributed by atoms with E-state index in [0.717, 1.165) is 36.1 Å². The van der Waals surface area contributed by atoms with Crippen molar-refractivity contribution in [2.75, 3.05) is 25.0 Å². The number of anilines is 1. The first-order valence-electron chi connectivity index (χ1n) is 11.1. The third-order valence-electron chi connectivity index (χ3n) is 6.83. The van der Waals surface area contributed by atoms with Crippen molar-refractivity contribution in [1.29, 1.82) is 0 Å². The van der Waals surface area contributed by atoms with E-state index < -0.39 is 17.5 Å². The molecule has 3 fully saturated rings. The summed E-state index contributed by atoms with van der Waals surface area (Å²) in [7, 11) is 0. The van der Waals surface area contributed by atoms with Crippen LogP contribution in [-0.4, -0.2) is 58.7 Å². The number of amides is 5. The van der Waals surface area contributed by atoms with Gasteiger partial charge in [0.15, 0.2) is 0 Å². The molecule has 2 heterocycles. The summed E-state index contributed by atoms with van der Waals surface area (Å²) in [4.78, 5) is 54.0. The normalized spacial score (nSPS) is 25.8. The predicted molar refractivity (Wildman–Crippen MR) is 116 cm³/mol. The number of carbonyl (C=O) groups excluding carboxylic acids is 4. The second-order valence-corrected chi connectivity index (χ2v) is 9.13. The minimum Gasteiger partial charge on any atom is -0.339 e. The van der Waals surface area contributed by atoms with Gasteiger partial charge in [0, 0.05) is 13.1 Å². The Morgan fingerprint density at radius 2 is 1.84 bits per heavy atom. The molecule has 5 amide bonds. The van der Waals surface area contributed by atoms with E-state index in [1.165, 1.54) is 0 Å². The van der Waals surface area contributed by atoms with Crippen LogP contribution in [0.15, 0.2) is 18.2 Å². The molecule has 1 spiro atoms. The van der Waals surface area contributed by atoms with Crippen LogP contribution in [-0.2, 0) is 9.59 Å². The number of benzene rings is 1. The highest BCUT2D eigenvalue weighted by Crippen LogP contribution is 2.36. The fourth-order valence-electron chi connectivity index (χ4n) is 4.88. The third kappa shape index (κ3) is 4.03. The zero-order valence-electron chi connectivity index (χ0n) is 18.2. The maximum atomic E-state index is 13.0. The van der Waals surface area contributed by atoms with E-state index in [9.17, 15) is 19.2 Å². The Kier molecular flexibility index (Phi) is 5.73. The van der Waals surface area contributed by atoms with Crippen LogP contribution in [0, 0.1) is 12.8 Å². The van der Waals surface area contributed by atoms with Gasteiger partial charge in [-0.25, -0.2) is 4.79 Å². The summed E-state index contributed by atoms with van der Waals surface area (Å²) in [5, 5.41) is 5.59. The lowest BCUT2D eigenvalue weighted by Gasteiger charge is -2.33. The van der Waals surface area contributed by atoms with Gasteiger partial charge in [0.05, 0.1) is 11.3 Å². The summed E-state index contributed by atoms with van der Waals surface area (Å²) >= 11 is 0. The molecule has 8 nitrogen and oxygen atoms in total. The van der Waals surface area contributed by atoms with Crippen molar-refractivity contribution < 1.29 is 19.2 Å². The lowest BCUT2D eigenvalue weighted by atomic mass is 9.77. The van der Waals surface area contributed by atoms with Gasteiger partial charge in [-0.05, 0) is 63.0 Å². The highest BCUT2D eigenvalue weighted by Gasteiger charge is 2.52. The van der Waals surface area contributed by atoms with Crippen molar-refractivity contribution in [1.82, 2.24) is 15.1 Å². The Bertz CT molecular complexity index is 914. The molecule has 1 aromatic rings. The summed E-state index contributed by atoms with van der Waals surface area (Å²) in [5.41, 5.74) is 0.784. The Hall–Kier alpha value is -2.90. The number of nitrogens with zero attached hydrogens (tertiary/aromatic N) is 2. The summed E-state index contributed by atoms with van der Waals surface area (Å²) in [5.74, 6) is -0.389. The first-order valence-corrected chi connectivity index (χ1v) is 11.1.